The molecule has 0 bridgehead atoms. The van der Waals surface area contributed by atoms with Gasteiger partial charge in [-0.2, -0.15) is 0 Å². The van der Waals surface area contributed by atoms with Crippen LogP contribution in [0.4, 0.5) is 8.78 Å². The largest absolute Gasteiger partial charge is 0.340 e. The standard InChI is InChI=1S/C18H22F2N2O/c1-12(2)22-15-7-5-4-6-14(15)17(23)13(3)16(22)10-21-9-8-18(19,20)11-21/h4-7,12H,8-11H2,1-3H3. The molecule has 0 saturated carbocycles. The average Bonchev–Trinajstić information content (AvgIpc) is 2.83. The van der Waals surface area contributed by atoms with Crippen molar-refractivity contribution in [2.45, 2.75) is 45.7 Å². The van der Waals surface area contributed by atoms with Crippen LogP contribution in [0.15, 0.2) is 29.1 Å². The molecule has 0 N–H and O–H groups in total. The van der Waals surface area contributed by atoms with E-state index in [0.717, 1.165) is 11.2 Å². The molecule has 124 valence electrons. The Bertz CT molecular complexity index is 795. The normalized spacial score (nSPS) is 18.2. The summed E-state index contributed by atoms with van der Waals surface area (Å²) in [6.45, 7) is 6.44. The quantitative estimate of drug-likeness (QED) is 0.861. The van der Waals surface area contributed by atoms with Crippen LogP contribution in [0.2, 0.25) is 0 Å². The lowest BCUT2D eigenvalue weighted by Gasteiger charge is -2.25. The highest BCUT2D eigenvalue weighted by atomic mass is 19.3. The van der Waals surface area contributed by atoms with E-state index in [0.29, 0.717) is 24.0 Å². The van der Waals surface area contributed by atoms with Gasteiger partial charge in [0.15, 0.2) is 5.43 Å². The van der Waals surface area contributed by atoms with Crippen LogP contribution in [-0.2, 0) is 6.54 Å². The lowest BCUT2D eigenvalue weighted by molar-refractivity contribution is 0.0113. The SMILES string of the molecule is Cc1c(CN2CCC(F)(F)C2)n(C(C)C)c2ccccc2c1=O. The molecule has 5 heteroatoms. The molecule has 3 nitrogen and oxygen atoms in total. The summed E-state index contributed by atoms with van der Waals surface area (Å²) in [6.07, 6.45) is -0.106. The lowest BCUT2D eigenvalue weighted by Crippen LogP contribution is -2.29. The molecule has 2 aromatic rings. The Morgan fingerprint density at radius 1 is 1.26 bits per heavy atom. The Kier molecular flexibility index (Phi) is 4.00. The topological polar surface area (TPSA) is 25.2 Å². The van der Waals surface area contributed by atoms with Gasteiger partial charge < -0.3 is 4.57 Å². The van der Waals surface area contributed by atoms with Crippen molar-refractivity contribution >= 4 is 10.9 Å². The summed E-state index contributed by atoms with van der Waals surface area (Å²) < 4.78 is 29.1. The van der Waals surface area contributed by atoms with Crippen LogP contribution in [0, 0.1) is 6.92 Å². The summed E-state index contributed by atoms with van der Waals surface area (Å²) in [4.78, 5) is 14.4. The summed E-state index contributed by atoms with van der Waals surface area (Å²) >= 11 is 0. The summed E-state index contributed by atoms with van der Waals surface area (Å²) in [5.41, 5.74) is 2.38. The van der Waals surface area contributed by atoms with Crippen LogP contribution in [-0.4, -0.2) is 28.5 Å². The van der Waals surface area contributed by atoms with E-state index in [9.17, 15) is 13.6 Å². The van der Waals surface area contributed by atoms with Crippen LogP contribution in [0.5, 0.6) is 0 Å². The van der Waals surface area contributed by atoms with Gasteiger partial charge in [-0.1, -0.05) is 12.1 Å². The Morgan fingerprint density at radius 3 is 2.57 bits per heavy atom. The predicted octanol–water partition coefficient (Wildman–Crippen LogP) is 3.73. The third kappa shape index (κ3) is 2.90. The summed E-state index contributed by atoms with van der Waals surface area (Å²) in [7, 11) is 0. The van der Waals surface area contributed by atoms with Crippen molar-refractivity contribution < 1.29 is 8.78 Å². The zero-order valence-electron chi connectivity index (χ0n) is 13.8. The maximum Gasteiger partial charge on any atom is 0.261 e. The highest BCUT2D eigenvalue weighted by Gasteiger charge is 2.38. The molecule has 1 aliphatic rings. The number of hydrogen-bond acceptors (Lipinski definition) is 2. The minimum Gasteiger partial charge on any atom is -0.340 e. The van der Waals surface area contributed by atoms with E-state index in [1.54, 1.807) is 11.8 Å². The summed E-state index contributed by atoms with van der Waals surface area (Å²) in [6, 6.07) is 7.67. The van der Waals surface area contributed by atoms with E-state index in [2.05, 4.69) is 18.4 Å². The van der Waals surface area contributed by atoms with Crippen LogP contribution in [0.1, 0.15) is 37.6 Å². The van der Waals surface area contributed by atoms with E-state index in [4.69, 9.17) is 0 Å². The van der Waals surface area contributed by atoms with Crippen molar-refractivity contribution in [2.75, 3.05) is 13.1 Å². The van der Waals surface area contributed by atoms with E-state index in [-0.39, 0.29) is 24.4 Å². The Morgan fingerprint density at radius 2 is 1.96 bits per heavy atom. The molecule has 2 heterocycles. The van der Waals surface area contributed by atoms with Crippen LogP contribution in [0.25, 0.3) is 10.9 Å². The van der Waals surface area contributed by atoms with Gasteiger partial charge in [-0.05, 0) is 32.9 Å². The molecular weight excluding hydrogens is 298 g/mol. The predicted molar refractivity (Wildman–Crippen MR) is 88.2 cm³/mol. The Hall–Kier alpha value is -1.75. The van der Waals surface area contributed by atoms with Gasteiger partial charge in [0.2, 0.25) is 0 Å². The molecule has 23 heavy (non-hydrogen) atoms. The lowest BCUT2D eigenvalue weighted by atomic mass is 10.1. The molecule has 1 saturated heterocycles. The fourth-order valence-electron chi connectivity index (χ4n) is 3.47. The average molecular weight is 320 g/mol. The number of para-hydroxylation sites is 1. The molecule has 0 spiro atoms. The number of nitrogens with zero attached hydrogens (tertiary/aromatic N) is 2. The molecule has 1 aromatic carbocycles. The van der Waals surface area contributed by atoms with E-state index >= 15 is 0 Å². The number of alkyl halides is 2. The first kappa shape index (κ1) is 16.1. The minimum absolute atomic E-state index is 0.00143. The van der Waals surface area contributed by atoms with Crippen LogP contribution < -0.4 is 5.43 Å². The maximum atomic E-state index is 13.5. The maximum absolute atomic E-state index is 13.5. The van der Waals surface area contributed by atoms with Crippen molar-refractivity contribution in [1.29, 1.82) is 0 Å². The first-order valence-electron chi connectivity index (χ1n) is 8.03. The number of hydrogen-bond donors (Lipinski definition) is 0. The highest BCUT2D eigenvalue weighted by Crippen LogP contribution is 2.29. The smallest absolute Gasteiger partial charge is 0.261 e. The molecule has 1 aliphatic heterocycles. The number of likely N-dealkylation sites (tertiary alicyclic amines) is 1. The molecule has 0 radical (unpaired) electrons. The van der Waals surface area contributed by atoms with Crippen LogP contribution in [0.3, 0.4) is 0 Å². The number of halogens is 2. The molecule has 0 unspecified atom stereocenters. The van der Waals surface area contributed by atoms with Crippen molar-refractivity contribution in [3.63, 3.8) is 0 Å². The Balaban J connectivity index is 2.14. The van der Waals surface area contributed by atoms with Gasteiger partial charge in [0.05, 0.1) is 12.1 Å². The monoisotopic (exact) mass is 320 g/mol. The molecule has 0 amide bonds. The van der Waals surface area contributed by atoms with Crippen molar-refractivity contribution in [1.82, 2.24) is 9.47 Å². The molecular formula is C18H22F2N2O. The van der Waals surface area contributed by atoms with Gasteiger partial charge in [-0.25, -0.2) is 8.78 Å². The number of rotatable bonds is 3. The van der Waals surface area contributed by atoms with Gasteiger partial charge >= 0.3 is 0 Å². The van der Waals surface area contributed by atoms with E-state index in [1.165, 1.54) is 0 Å². The third-order valence-electron chi connectivity index (χ3n) is 4.61. The molecule has 1 fully saturated rings. The number of benzene rings is 1. The molecule has 1 aromatic heterocycles. The zero-order valence-corrected chi connectivity index (χ0v) is 13.8. The van der Waals surface area contributed by atoms with Crippen molar-refractivity contribution in [3.8, 4) is 0 Å². The van der Waals surface area contributed by atoms with Gasteiger partial charge in [-0.15, -0.1) is 0 Å². The zero-order chi connectivity index (χ0) is 16.8. The van der Waals surface area contributed by atoms with Crippen molar-refractivity contribution in [3.05, 3.63) is 45.7 Å². The second kappa shape index (κ2) is 5.71. The van der Waals surface area contributed by atoms with Gasteiger partial charge in [0.1, 0.15) is 0 Å². The number of fused-ring (bicyclic) bond motifs is 1. The highest BCUT2D eigenvalue weighted by molar-refractivity contribution is 5.80. The summed E-state index contributed by atoms with van der Waals surface area (Å²) in [5.74, 6) is -2.62. The van der Waals surface area contributed by atoms with Crippen LogP contribution >= 0.6 is 0 Å². The first-order valence-corrected chi connectivity index (χ1v) is 8.03. The number of aromatic nitrogens is 1. The third-order valence-corrected chi connectivity index (χ3v) is 4.61. The Labute approximate surface area is 134 Å². The number of pyridine rings is 1. The molecule has 3 rings (SSSR count). The van der Waals surface area contributed by atoms with Crippen molar-refractivity contribution in [2.24, 2.45) is 0 Å². The van der Waals surface area contributed by atoms with E-state index in [1.807, 2.05) is 24.3 Å². The first-order chi connectivity index (χ1) is 10.8. The molecule has 0 aliphatic carbocycles. The van der Waals surface area contributed by atoms with Gasteiger partial charge in [0.25, 0.3) is 5.92 Å². The van der Waals surface area contributed by atoms with Gasteiger partial charge in [-0.3, -0.25) is 9.69 Å². The second-order valence-corrected chi connectivity index (χ2v) is 6.70. The van der Waals surface area contributed by atoms with Gasteiger partial charge in [0, 0.05) is 42.2 Å². The minimum atomic E-state index is -2.62. The van der Waals surface area contributed by atoms with E-state index < -0.39 is 5.92 Å². The fourth-order valence-corrected chi connectivity index (χ4v) is 3.47. The second-order valence-electron chi connectivity index (χ2n) is 6.70. The molecule has 0 atom stereocenters. The fraction of sp³-hybridized carbons (Fsp3) is 0.500. The summed E-state index contributed by atoms with van der Waals surface area (Å²) in [5, 5.41) is 0.689.